The normalized spacial score (nSPS) is 39.8. The molecular formula is C13H25NO2. The van der Waals surface area contributed by atoms with Crippen LogP contribution in [0.3, 0.4) is 0 Å². The van der Waals surface area contributed by atoms with Crippen molar-refractivity contribution < 1.29 is 9.47 Å². The molecule has 0 aromatic heterocycles. The van der Waals surface area contributed by atoms with Crippen molar-refractivity contribution in [1.82, 2.24) is 0 Å². The first kappa shape index (κ1) is 12.3. The summed E-state index contributed by atoms with van der Waals surface area (Å²) in [4.78, 5) is 0. The molecule has 1 heterocycles. The van der Waals surface area contributed by atoms with Crippen molar-refractivity contribution in [2.24, 2.45) is 17.6 Å². The SMILES string of the molecule is CC(C)CC1CCCC2(C1)OCC(CN)O2. The maximum absolute atomic E-state index is 6.00. The average Bonchev–Trinajstić information content (AvgIpc) is 2.60. The van der Waals surface area contributed by atoms with E-state index in [1.54, 1.807) is 0 Å². The fourth-order valence-electron chi connectivity index (χ4n) is 3.14. The van der Waals surface area contributed by atoms with Gasteiger partial charge in [0, 0.05) is 19.4 Å². The number of ether oxygens (including phenoxy) is 2. The van der Waals surface area contributed by atoms with E-state index < -0.39 is 0 Å². The first-order valence-electron chi connectivity index (χ1n) is 6.65. The molecule has 0 bridgehead atoms. The first-order valence-corrected chi connectivity index (χ1v) is 6.65. The van der Waals surface area contributed by atoms with E-state index >= 15 is 0 Å². The van der Waals surface area contributed by atoms with Crippen LogP contribution < -0.4 is 5.73 Å². The maximum Gasteiger partial charge on any atom is 0.169 e. The highest BCUT2D eigenvalue weighted by atomic mass is 16.7. The molecular weight excluding hydrogens is 202 g/mol. The zero-order chi connectivity index (χ0) is 11.6. The van der Waals surface area contributed by atoms with Crippen LogP contribution in [-0.4, -0.2) is 25.0 Å². The van der Waals surface area contributed by atoms with E-state index in [0.717, 1.165) is 24.7 Å². The van der Waals surface area contributed by atoms with Gasteiger partial charge in [0.05, 0.1) is 12.7 Å². The summed E-state index contributed by atoms with van der Waals surface area (Å²) >= 11 is 0. The van der Waals surface area contributed by atoms with Crippen LogP contribution in [0.4, 0.5) is 0 Å². The number of nitrogens with two attached hydrogens (primary N) is 1. The van der Waals surface area contributed by atoms with Crippen LogP contribution in [-0.2, 0) is 9.47 Å². The summed E-state index contributed by atoms with van der Waals surface area (Å²) in [7, 11) is 0. The van der Waals surface area contributed by atoms with E-state index in [9.17, 15) is 0 Å². The predicted molar refractivity (Wildman–Crippen MR) is 64.0 cm³/mol. The number of hydrogen-bond donors (Lipinski definition) is 1. The highest BCUT2D eigenvalue weighted by molar-refractivity contribution is 4.86. The van der Waals surface area contributed by atoms with Crippen molar-refractivity contribution in [3.8, 4) is 0 Å². The molecule has 0 aromatic rings. The van der Waals surface area contributed by atoms with Gasteiger partial charge in [-0.05, 0) is 24.7 Å². The van der Waals surface area contributed by atoms with Crippen molar-refractivity contribution >= 4 is 0 Å². The molecule has 0 amide bonds. The summed E-state index contributed by atoms with van der Waals surface area (Å²) in [6.07, 6.45) is 6.11. The second-order valence-electron chi connectivity index (χ2n) is 5.79. The van der Waals surface area contributed by atoms with Gasteiger partial charge in [0.2, 0.25) is 0 Å². The van der Waals surface area contributed by atoms with Gasteiger partial charge in [0.25, 0.3) is 0 Å². The molecule has 3 nitrogen and oxygen atoms in total. The highest BCUT2D eigenvalue weighted by Crippen LogP contribution is 2.42. The molecule has 2 rings (SSSR count). The highest BCUT2D eigenvalue weighted by Gasteiger charge is 2.44. The summed E-state index contributed by atoms with van der Waals surface area (Å²) in [5.41, 5.74) is 5.63. The summed E-state index contributed by atoms with van der Waals surface area (Å²) in [6, 6.07) is 0. The van der Waals surface area contributed by atoms with Crippen LogP contribution in [0.15, 0.2) is 0 Å². The second-order valence-corrected chi connectivity index (χ2v) is 5.79. The summed E-state index contributed by atoms with van der Waals surface area (Å²) in [5.74, 6) is 1.26. The molecule has 16 heavy (non-hydrogen) atoms. The fourth-order valence-corrected chi connectivity index (χ4v) is 3.14. The Balaban J connectivity index is 1.91. The van der Waals surface area contributed by atoms with Gasteiger partial charge in [-0.25, -0.2) is 0 Å². The second kappa shape index (κ2) is 5.03. The molecule has 1 spiro atoms. The van der Waals surface area contributed by atoms with Crippen molar-refractivity contribution in [2.45, 2.75) is 57.8 Å². The van der Waals surface area contributed by atoms with Crippen LogP contribution in [0, 0.1) is 11.8 Å². The van der Waals surface area contributed by atoms with Gasteiger partial charge in [-0.1, -0.05) is 20.3 Å². The van der Waals surface area contributed by atoms with Gasteiger partial charge in [-0.3, -0.25) is 0 Å². The Kier molecular flexibility index (Phi) is 3.88. The monoisotopic (exact) mass is 227 g/mol. The van der Waals surface area contributed by atoms with Crippen molar-refractivity contribution in [3.63, 3.8) is 0 Å². The van der Waals surface area contributed by atoms with E-state index in [0.29, 0.717) is 13.2 Å². The van der Waals surface area contributed by atoms with Gasteiger partial charge in [0.1, 0.15) is 0 Å². The van der Waals surface area contributed by atoms with Crippen molar-refractivity contribution in [2.75, 3.05) is 13.2 Å². The number of hydrogen-bond acceptors (Lipinski definition) is 3. The Labute approximate surface area is 98.7 Å². The third kappa shape index (κ3) is 2.76. The van der Waals surface area contributed by atoms with Crippen LogP contribution >= 0.6 is 0 Å². The third-order valence-electron chi connectivity index (χ3n) is 3.75. The molecule has 3 unspecified atom stereocenters. The van der Waals surface area contributed by atoms with Crippen LogP contribution in [0.2, 0.25) is 0 Å². The lowest BCUT2D eigenvalue weighted by Crippen LogP contribution is -2.38. The molecule has 1 saturated carbocycles. The quantitative estimate of drug-likeness (QED) is 0.804. The zero-order valence-corrected chi connectivity index (χ0v) is 10.6. The molecule has 94 valence electrons. The van der Waals surface area contributed by atoms with E-state index in [1.807, 2.05) is 0 Å². The smallest absolute Gasteiger partial charge is 0.169 e. The molecule has 2 N–H and O–H groups in total. The van der Waals surface area contributed by atoms with Gasteiger partial charge in [-0.15, -0.1) is 0 Å². The lowest BCUT2D eigenvalue weighted by atomic mass is 9.80. The van der Waals surface area contributed by atoms with Crippen molar-refractivity contribution in [3.05, 3.63) is 0 Å². The van der Waals surface area contributed by atoms with E-state index in [1.165, 1.54) is 19.3 Å². The zero-order valence-electron chi connectivity index (χ0n) is 10.6. The van der Waals surface area contributed by atoms with E-state index in [4.69, 9.17) is 15.2 Å². The standard InChI is InChI=1S/C13H25NO2/c1-10(2)6-11-4-3-5-13(7-11)15-9-12(8-14)16-13/h10-12H,3-9,14H2,1-2H3. The minimum atomic E-state index is -0.276. The predicted octanol–water partition coefficient (Wildman–Crippen LogP) is 2.29. The summed E-state index contributed by atoms with van der Waals surface area (Å²) < 4.78 is 11.9. The van der Waals surface area contributed by atoms with Crippen LogP contribution in [0.1, 0.15) is 46.0 Å². The van der Waals surface area contributed by atoms with E-state index in [2.05, 4.69) is 13.8 Å². The Bertz CT molecular complexity index is 232. The Morgan fingerprint density at radius 1 is 1.44 bits per heavy atom. The topological polar surface area (TPSA) is 44.5 Å². The molecule has 1 saturated heterocycles. The minimum absolute atomic E-state index is 0.123. The van der Waals surface area contributed by atoms with Gasteiger partial charge in [-0.2, -0.15) is 0 Å². The average molecular weight is 227 g/mol. The Hall–Kier alpha value is -0.120. The molecule has 1 aliphatic carbocycles. The van der Waals surface area contributed by atoms with Crippen molar-refractivity contribution in [1.29, 1.82) is 0 Å². The summed E-state index contributed by atoms with van der Waals surface area (Å²) in [6.45, 7) is 5.85. The van der Waals surface area contributed by atoms with Gasteiger partial charge >= 0.3 is 0 Å². The summed E-state index contributed by atoms with van der Waals surface area (Å²) in [5, 5.41) is 0. The Morgan fingerprint density at radius 2 is 2.25 bits per heavy atom. The molecule has 2 fully saturated rings. The largest absolute Gasteiger partial charge is 0.347 e. The minimum Gasteiger partial charge on any atom is -0.347 e. The molecule has 1 aliphatic heterocycles. The van der Waals surface area contributed by atoms with Gasteiger partial charge < -0.3 is 15.2 Å². The molecule has 2 aliphatic rings. The lowest BCUT2D eigenvalue weighted by Gasteiger charge is -2.37. The molecule has 0 aromatic carbocycles. The number of rotatable bonds is 3. The van der Waals surface area contributed by atoms with E-state index in [-0.39, 0.29) is 11.9 Å². The molecule has 3 heteroatoms. The Morgan fingerprint density at radius 3 is 2.88 bits per heavy atom. The first-order chi connectivity index (χ1) is 7.63. The lowest BCUT2D eigenvalue weighted by molar-refractivity contribution is -0.196. The van der Waals surface area contributed by atoms with Crippen LogP contribution in [0.25, 0.3) is 0 Å². The molecule has 3 atom stereocenters. The molecule has 0 radical (unpaired) electrons. The maximum atomic E-state index is 6.00. The third-order valence-corrected chi connectivity index (χ3v) is 3.75. The van der Waals surface area contributed by atoms with Gasteiger partial charge in [0.15, 0.2) is 5.79 Å². The fraction of sp³-hybridized carbons (Fsp3) is 1.00. The van der Waals surface area contributed by atoms with Crippen LogP contribution in [0.5, 0.6) is 0 Å².